The molecule has 6 heteroatoms. The summed E-state index contributed by atoms with van der Waals surface area (Å²) >= 11 is 0. The summed E-state index contributed by atoms with van der Waals surface area (Å²) in [7, 11) is -0.825. The Morgan fingerprint density at radius 1 is 1.22 bits per heavy atom. The van der Waals surface area contributed by atoms with Crippen LogP contribution in [0.5, 0.6) is 5.75 Å². The van der Waals surface area contributed by atoms with Gasteiger partial charge in [0.05, 0.1) is 0 Å². The van der Waals surface area contributed by atoms with E-state index in [1.54, 1.807) is 19.1 Å². The van der Waals surface area contributed by atoms with E-state index < -0.39 is 13.7 Å². The molecule has 18 heavy (non-hydrogen) atoms. The maximum atomic E-state index is 11.8. The summed E-state index contributed by atoms with van der Waals surface area (Å²) < 4.78 is 26.7. The van der Waals surface area contributed by atoms with E-state index in [0.29, 0.717) is 5.75 Å². The molecule has 1 aromatic carbocycles. The molecule has 5 nitrogen and oxygen atoms in total. The number of Topliss-reactive ketones (excluding diaryl/α,β-unsaturated/α-hetero) is 1. The standard InChI is InChI=1S/C12H17O5P/c1-10(17-11-7-5-4-6-8-11)12(13)9-18(14,15-2)16-3/h4-8,10H,9H2,1-3H3/t10-/m0/s1. The summed E-state index contributed by atoms with van der Waals surface area (Å²) in [5, 5.41) is 0. The maximum absolute atomic E-state index is 11.8. The third-order valence-corrected chi connectivity index (χ3v) is 4.23. The van der Waals surface area contributed by atoms with Gasteiger partial charge in [-0.05, 0) is 19.1 Å². The van der Waals surface area contributed by atoms with Gasteiger partial charge in [0, 0.05) is 14.2 Å². The van der Waals surface area contributed by atoms with Crippen molar-refractivity contribution in [3.05, 3.63) is 30.3 Å². The first-order chi connectivity index (χ1) is 8.50. The Balaban J connectivity index is 2.60. The van der Waals surface area contributed by atoms with Crippen molar-refractivity contribution in [2.24, 2.45) is 0 Å². The predicted molar refractivity (Wildman–Crippen MR) is 68.0 cm³/mol. The first kappa shape index (κ1) is 14.9. The Bertz CT molecular complexity index is 423. The highest BCUT2D eigenvalue weighted by molar-refractivity contribution is 7.54. The molecule has 0 bridgehead atoms. The second-order valence-corrected chi connectivity index (χ2v) is 5.94. The van der Waals surface area contributed by atoms with Crippen LogP contribution < -0.4 is 4.74 Å². The molecule has 0 N–H and O–H groups in total. The topological polar surface area (TPSA) is 61.8 Å². The Kier molecular flexibility index (Phi) is 5.54. The van der Waals surface area contributed by atoms with Crippen molar-refractivity contribution in [1.82, 2.24) is 0 Å². The first-order valence-electron chi connectivity index (χ1n) is 5.45. The van der Waals surface area contributed by atoms with Crippen LogP contribution in [0, 0.1) is 0 Å². The lowest BCUT2D eigenvalue weighted by atomic mass is 10.3. The van der Waals surface area contributed by atoms with Crippen molar-refractivity contribution in [2.75, 3.05) is 20.4 Å². The molecule has 1 aromatic rings. The molecule has 1 rings (SSSR count). The zero-order valence-electron chi connectivity index (χ0n) is 10.7. The van der Waals surface area contributed by atoms with Gasteiger partial charge >= 0.3 is 7.60 Å². The molecule has 0 heterocycles. The molecule has 1 atom stereocenters. The van der Waals surface area contributed by atoms with Crippen molar-refractivity contribution in [2.45, 2.75) is 13.0 Å². The molecule has 0 aliphatic rings. The minimum absolute atomic E-state index is 0.298. The number of rotatable bonds is 7. The average molecular weight is 272 g/mol. The Morgan fingerprint density at radius 2 is 1.78 bits per heavy atom. The lowest BCUT2D eigenvalue weighted by Gasteiger charge is -2.17. The molecule has 0 aliphatic heterocycles. The summed E-state index contributed by atoms with van der Waals surface area (Å²) in [6.45, 7) is 1.60. The number of ketones is 1. The number of carbonyl (C=O) groups excluding carboxylic acids is 1. The minimum atomic E-state index is -3.33. The van der Waals surface area contributed by atoms with E-state index in [1.165, 1.54) is 14.2 Å². The average Bonchev–Trinajstić information content (AvgIpc) is 2.39. The molecule has 0 fully saturated rings. The maximum Gasteiger partial charge on any atom is 0.337 e. The molecule has 0 saturated carbocycles. The molecule has 0 spiro atoms. The van der Waals surface area contributed by atoms with Crippen molar-refractivity contribution in [3.8, 4) is 5.75 Å². The summed E-state index contributed by atoms with van der Waals surface area (Å²) in [6, 6.07) is 8.96. The van der Waals surface area contributed by atoms with E-state index in [1.807, 2.05) is 18.2 Å². The van der Waals surface area contributed by atoms with Crippen LogP contribution in [-0.4, -0.2) is 32.3 Å². The third kappa shape index (κ3) is 4.26. The number of para-hydroxylation sites is 1. The third-order valence-electron chi connectivity index (χ3n) is 2.42. The number of ether oxygens (including phenoxy) is 1. The van der Waals surface area contributed by atoms with Gasteiger partial charge in [-0.25, -0.2) is 0 Å². The van der Waals surface area contributed by atoms with Gasteiger partial charge in [-0.15, -0.1) is 0 Å². The number of hydrogen-bond donors (Lipinski definition) is 0. The summed E-state index contributed by atoms with van der Waals surface area (Å²) in [5.74, 6) is 0.258. The fourth-order valence-corrected chi connectivity index (χ4v) is 2.34. The fraction of sp³-hybridized carbons (Fsp3) is 0.417. The van der Waals surface area contributed by atoms with E-state index >= 15 is 0 Å². The Morgan fingerprint density at radius 3 is 2.28 bits per heavy atom. The lowest BCUT2D eigenvalue weighted by Crippen LogP contribution is -2.27. The van der Waals surface area contributed by atoms with Crippen LogP contribution in [0.15, 0.2) is 30.3 Å². The minimum Gasteiger partial charge on any atom is -0.483 e. The molecule has 0 amide bonds. The van der Waals surface area contributed by atoms with Crippen LogP contribution in [0.1, 0.15) is 6.92 Å². The van der Waals surface area contributed by atoms with E-state index in [2.05, 4.69) is 0 Å². The quantitative estimate of drug-likeness (QED) is 0.714. The fourth-order valence-electron chi connectivity index (χ4n) is 1.29. The second-order valence-electron chi connectivity index (χ2n) is 3.67. The monoisotopic (exact) mass is 272 g/mol. The summed E-state index contributed by atoms with van der Waals surface area (Å²) in [5.41, 5.74) is 0. The highest BCUT2D eigenvalue weighted by Gasteiger charge is 2.29. The van der Waals surface area contributed by atoms with Crippen LogP contribution >= 0.6 is 7.60 Å². The highest BCUT2D eigenvalue weighted by atomic mass is 31.2. The molecule has 0 aromatic heterocycles. The van der Waals surface area contributed by atoms with Gasteiger partial charge in [0.25, 0.3) is 0 Å². The molecular formula is C12H17O5P. The number of benzene rings is 1. The van der Waals surface area contributed by atoms with Crippen molar-refractivity contribution >= 4 is 13.4 Å². The Labute approximate surface area is 107 Å². The number of hydrogen-bond acceptors (Lipinski definition) is 5. The van der Waals surface area contributed by atoms with E-state index in [-0.39, 0.29) is 11.9 Å². The first-order valence-corrected chi connectivity index (χ1v) is 7.18. The normalized spacial score (nSPS) is 13.1. The van der Waals surface area contributed by atoms with E-state index in [4.69, 9.17) is 13.8 Å². The summed E-state index contributed by atoms with van der Waals surface area (Å²) in [4.78, 5) is 11.8. The van der Waals surface area contributed by atoms with Gasteiger partial charge in [-0.1, -0.05) is 18.2 Å². The van der Waals surface area contributed by atoms with Crippen LogP contribution in [0.4, 0.5) is 0 Å². The van der Waals surface area contributed by atoms with Crippen LogP contribution in [-0.2, 0) is 18.4 Å². The van der Waals surface area contributed by atoms with Gasteiger partial charge < -0.3 is 13.8 Å². The van der Waals surface area contributed by atoms with Gasteiger partial charge in [0.2, 0.25) is 0 Å². The van der Waals surface area contributed by atoms with Crippen LogP contribution in [0.3, 0.4) is 0 Å². The largest absolute Gasteiger partial charge is 0.483 e. The Hall–Kier alpha value is -1.16. The van der Waals surface area contributed by atoms with Gasteiger partial charge in [-0.3, -0.25) is 9.36 Å². The van der Waals surface area contributed by atoms with E-state index in [9.17, 15) is 9.36 Å². The molecule has 0 radical (unpaired) electrons. The predicted octanol–water partition coefficient (Wildman–Crippen LogP) is 2.51. The van der Waals surface area contributed by atoms with E-state index in [0.717, 1.165) is 0 Å². The van der Waals surface area contributed by atoms with Gasteiger partial charge in [0.15, 0.2) is 11.9 Å². The zero-order valence-corrected chi connectivity index (χ0v) is 11.6. The van der Waals surface area contributed by atoms with Crippen LogP contribution in [0.2, 0.25) is 0 Å². The van der Waals surface area contributed by atoms with Crippen molar-refractivity contribution in [1.29, 1.82) is 0 Å². The molecule has 0 unspecified atom stereocenters. The molecule has 0 saturated heterocycles. The zero-order chi connectivity index (χ0) is 13.6. The smallest absolute Gasteiger partial charge is 0.337 e. The van der Waals surface area contributed by atoms with Crippen molar-refractivity contribution < 1.29 is 23.1 Å². The highest BCUT2D eigenvalue weighted by Crippen LogP contribution is 2.46. The molecular weight excluding hydrogens is 255 g/mol. The van der Waals surface area contributed by atoms with Crippen molar-refractivity contribution in [3.63, 3.8) is 0 Å². The lowest BCUT2D eigenvalue weighted by molar-refractivity contribution is -0.122. The van der Waals surface area contributed by atoms with Crippen LogP contribution in [0.25, 0.3) is 0 Å². The summed E-state index contributed by atoms with van der Waals surface area (Å²) in [6.07, 6.45) is -1.00. The van der Waals surface area contributed by atoms with Gasteiger partial charge in [-0.2, -0.15) is 0 Å². The molecule has 100 valence electrons. The second kappa shape index (κ2) is 6.69. The SMILES string of the molecule is COP(=O)(CC(=O)[C@H](C)Oc1ccccc1)OC. The molecule has 0 aliphatic carbocycles. The number of carbonyl (C=O) groups is 1. The van der Waals surface area contributed by atoms with Gasteiger partial charge in [0.1, 0.15) is 11.9 Å².